The maximum absolute atomic E-state index is 15.0. The number of hydrogen-bond donors (Lipinski definition) is 1. The Kier molecular flexibility index (Phi) is 7.57. The molecule has 0 saturated carbocycles. The van der Waals surface area contributed by atoms with E-state index in [1.807, 2.05) is 4.90 Å². The van der Waals surface area contributed by atoms with Crippen LogP contribution < -0.4 is 9.62 Å². The first-order valence-electron chi connectivity index (χ1n) is 10.5. The van der Waals surface area contributed by atoms with Gasteiger partial charge in [0.2, 0.25) is 5.95 Å². The minimum Gasteiger partial charge on any atom is -0.370 e. The molecule has 176 valence electrons. The molecule has 1 aromatic heterocycles. The molecule has 1 aromatic carbocycles. The third kappa shape index (κ3) is 6.23. The highest BCUT2D eigenvalue weighted by Crippen LogP contribution is 2.41. The van der Waals surface area contributed by atoms with Gasteiger partial charge in [0, 0.05) is 32.2 Å². The van der Waals surface area contributed by atoms with Crippen molar-refractivity contribution >= 4 is 35.1 Å². The minimum absolute atomic E-state index is 0.00564. The monoisotopic (exact) mass is 486 g/mol. The van der Waals surface area contributed by atoms with Gasteiger partial charge in [-0.15, -0.1) is 0 Å². The summed E-state index contributed by atoms with van der Waals surface area (Å²) in [6.07, 6.45) is 0.907. The highest BCUT2D eigenvalue weighted by Gasteiger charge is 2.37. The number of pyridine rings is 1. The first-order chi connectivity index (χ1) is 14.9. The van der Waals surface area contributed by atoms with Crippen LogP contribution in [0.3, 0.4) is 0 Å². The van der Waals surface area contributed by atoms with Gasteiger partial charge in [-0.3, -0.25) is 0 Å². The molecule has 0 aliphatic carbocycles. The standard InChI is InChI=1S/C23H30ClF3N4S/c1-22(2,3)12-30(5)13-23(4)9-10-31(14-23)16-11-15(25)21(20(27)19(16)24)32-29-18-8-6-7-17(26)28-18/h6-8,11H,9-10,12-14H2,1-5H3,(H,28,29). The van der Waals surface area contributed by atoms with E-state index in [1.165, 1.54) is 24.3 Å². The van der Waals surface area contributed by atoms with E-state index >= 15 is 0 Å². The lowest BCUT2D eigenvalue weighted by atomic mass is 9.88. The predicted octanol–water partition coefficient (Wildman–Crippen LogP) is 6.47. The van der Waals surface area contributed by atoms with E-state index in [9.17, 15) is 13.2 Å². The number of halogens is 4. The van der Waals surface area contributed by atoms with E-state index in [4.69, 9.17) is 11.6 Å². The highest BCUT2D eigenvalue weighted by molar-refractivity contribution is 8.00. The molecule has 1 fully saturated rings. The van der Waals surface area contributed by atoms with Crippen molar-refractivity contribution in [3.8, 4) is 0 Å². The molecule has 0 bridgehead atoms. The van der Waals surface area contributed by atoms with Crippen LogP contribution in [0.4, 0.5) is 24.7 Å². The van der Waals surface area contributed by atoms with Crippen LogP contribution in [-0.2, 0) is 0 Å². The van der Waals surface area contributed by atoms with Gasteiger partial charge in [-0.05, 0) is 48.4 Å². The van der Waals surface area contributed by atoms with E-state index in [0.29, 0.717) is 30.7 Å². The summed E-state index contributed by atoms with van der Waals surface area (Å²) in [5.74, 6) is -2.10. The second-order valence-electron chi connectivity index (χ2n) is 10.1. The van der Waals surface area contributed by atoms with E-state index in [-0.39, 0.29) is 26.6 Å². The summed E-state index contributed by atoms with van der Waals surface area (Å²) in [5, 5.41) is -0.116. The predicted molar refractivity (Wildman–Crippen MR) is 127 cm³/mol. The van der Waals surface area contributed by atoms with E-state index < -0.39 is 17.6 Å². The Labute approximate surface area is 197 Å². The van der Waals surface area contributed by atoms with Crippen molar-refractivity contribution in [1.82, 2.24) is 9.88 Å². The Hall–Kier alpha value is -1.64. The van der Waals surface area contributed by atoms with Crippen molar-refractivity contribution in [2.24, 2.45) is 10.8 Å². The van der Waals surface area contributed by atoms with Crippen molar-refractivity contribution < 1.29 is 13.2 Å². The number of nitrogens with one attached hydrogen (secondary N) is 1. The van der Waals surface area contributed by atoms with Crippen LogP contribution in [-0.4, -0.2) is 43.1 Å². The molecular formula is C23H30ClF3N4S. The molecule has 3 rings (SSSR count). The summed E-state index contributed by atoms with van der Waals surface area (Å²) in [6.45, 7) is 12.0. The zero-order valence-corrected chi connectivity index (χ0v) is 20.7. The SMILES string of the molecule is CN(CC(C)(C)C)CC1(C)CCN(c2cc(F)c(SNc3cccc(F)n3)c(F)c2Cl)C1. The molecule has 0 radical (unpaired) electrons. The van der Waals surface area contributed by atoms with Gasteiger partial charge in [0.1, 0.15) is 21.6 Å². The largest absolute Gasteiger partial charge is 0.370 e. The van der Waals surface area contributed by atoms with Crippen LogP contribution in [0.1, 0.15) is 34.1 Å². The molecular weight excluding hydrogens is 457 g/mol. The Morgan fingerprint density at radius 2 is 2.00 bits per heavy atom. The first kappa shape index (κ1) is 25.0. The molecule has 9 heteroatoms. The third-order valence-electron chi connectivity index (χ3n) is 5.36. The quantitative estimate of drug-likeness (QED) is 0.275. The van der Waals surface area contributed by atoms with Crippen molar-refractivity contribution in [3.05, 3.63) is 46.9 Å². The summed E-state index contributed by atoms with van der Waals surface area (Å²) in [4.78, 5) is 7.61. The normalized spacial score (nSPS) is 19.1. The Morgan fingerprint density at radius 3 is 2.66 bits per heavy atom. The first-order valence-corrected chi connectivity index (χ1v) is 11.7. The van der Waals surface area contributed by atoms with Gasteiger partial charge in [-0.2, -0.15) is 4.39 Å². The summed E-state index contributed by atoms with van der Waals surface area (Å²) < 4.78 is 45.7. The minimum atomic E-state index is -0.839. The van der Waals surface area contributed by atoms with Gasteiger partial charge in [0.15, 0.2) is 5.82 Å². The lowest BCUT2D eigenvalue weighted by Crippen LogP contribution is -2.39. The molecule has 1 aliphatic rings. The van der Waals surface area contributed by atoms with E-state index in [0.717, 1.165) is 19.5 Å². The molecule has 1 N–H and O–H groups in total. The summed E-state index contributed by atoms with van der Waals surface area (Å²) in [6, 6.07) is 5.42. The van der Waals surface area contributed by atoms with Crippen molar-refractivity contribution in [3.63, 3.8) is 0 Å². The molecule has 1 aliphatic heterocycles. The van der Waals surface area contributed by atoms with Crippen molar-refractivity contribution in [2.45, 2.75) is 39.0 Å². The third-order valence-corrected chi connectivity index (χ3v) is 6.61. The average Bonchev–Trinajstić information content (AvgIpc) is 3.04. The van der Waals surface area contributed by atoms with Crippen LogP contribution in [0.15, 0.2) is 29.2 Å². The summed E-state index contributed by atoms with van der Waals surface area (Å²) in [5.41, 5.74) is 0.549. The number of anilines is 2. The second-order valence-corrected chi connectivity index (χ2v) is 11.3. The molecule has 2 aromatic rings. The molecule has 4 nitrogen and oxygen atoms in total. The molecule has 1 atom stereocenters. The number of rotatable bonds is 7. The van der Waals surface area contributed by atoms with Crippen LogP contribution in [0.25, 0.3) is 0 Å². The van der Waals surface area contributed by atoms with Crippen molar-refractivity contribution in [2.75, 3.05) is 42.8 Å². The molecule has 32 heavy (non-hydrogen) atoms. The Balaban J connectivity index is 1.72. The van der Waals surface area contributed by atoms with Crippen LogP contribution in [0, 0.1) is 28.4 Å². The van der Waals surface area contributed by atoms with Crippen LogP contribution in [0.2, 0.25) is 5.02 Å². The lowest BCUT2D eigenvalue weighted by molar-refractivity contribution is 0.162. The van der Waals surface area contributed by atoms with Gasteiger partial charge in [0.05, 0.1) is 5.69 Å². The molecule has 0 spiro atoms. The number of aromatic nitrogens is 1. The van der Waals surface area contributed by atoms with Crippen molar-refractivity contribution in [1.29, 1.82) is 0 Å². The molecule has 2 heterocycles. The smallest absolute Gasteiger partial charge is 0.214 e. The highest BCUT2D eigenvalue weighted by atomic mass is 35.5. The second kappa shape index (κ2) is 9.69. The van der Waals surface area contributed by atoms with Gasteiger partial charge in [-0.1, -0.05) is 45.4 Å². The number of hydrogen-bond acceptors (Lipinski definition) is 5. The van der Waals surface area contributed by atoms with Crippen LogP contribution in [0.5, 0.6) is 0 Å². The van der Waals surface area contributed by atoms with E-state index in [1.54, 1.807) is 0 Å². The molecule has 0 amide bonds. The fraction of sp³-hybridized carbons (Fsp3) is 0.522. The number of nitrogens with zero attached hydrogens (tertiary/aromatic N) is 3. The fourth-order valence-corrected chi connectivity index (χ4v) is 5.33. The maximum atomic E-state index is 15.0. The molecule has 1 saturated heterocycles. The van der Waals surface area contributed by atoms with Gasteiger partial charge < -0.3 is 14.5 Å². The van der Waals surface area contributed by atoms with Gasteiger partial charge in [-0.25, -0.2) is 13.8 Å². The Bertz CT molecular complexity index is 969. The molecule has 1 unspecified atom stereocenters. The zero-order valence-electron chi connectivity index (χ0n) is 19.1. The van der Waals surface area contributed by atoms with Gasteiger partial charge >= 0.3 is 0 Å². The Morgan fingerprint density at radius 1 is 1.28 bits per heavy atom. The fourth-order valence-electron chi connectivity index (χ4n) is 4.33. The summed E-state index contributed by atoms with van der Waals surface area (Å²) >= 11 is 7.01. The summed E-state index contributed by atoms with van der Waals surface area (Å²) in [7, 11) is 2.11. The topological polar surface area (TPSA) is 31.4 Å². The lowest BCUT2D eigenvalue weighted by Gasteiger charge is -2.34. The average molecular weight is 487 g/mol. The maximum Gasteiger partial charge on any atom is 0.214 e. The zero-order chi connectivity index (χ0) is 23.7. The van der Waals surface area contributed by atoms with Gasteiger partial charge in [0.25, 0.3) is 0 Å². The van der Waals surface area contributed by atoms with Crippen LogP contribution >= 0.6 is 23.5 Å². The number of benzene rings is 1. The van der Waals surface area contributed by atoms with E-state index in [2.05, 4.69) is 49.3 Å².